The van der Waals surface area contributed by atoms with E-state index in [2.05, 4.69) is 22.0 Å². The number of methoxy groups -OCH3 is 1. The molecule has 1 aromatic rings. The highest BCUT2D eigenvalue weighted by molar-refractivity contribution is 9.10. The van der Waals surface area contributed by atoms with Gasteiger partial charge in [0.2, 0.25) is 0 Å². The molecular weight excluding hydrogens is 244 g/mol. The summed E-state index contributed by atoms with van der Waals surface area (Å²) in [6.45, 7) is 0.471. The van der Waals surface area contributed by atoms with Gasteiger partial charge in [-0.05, 0) is 33.6 Å². The molecule has 74 valence electrons. The van der Waals surface area contributed by atoms with Crippen LogP contribution in [0.15, 0.2) is 22.7 Å². The van der Waals surface area contributed by atoms with E-state index in [4.69, 9.17) is 15.7 Å². The number of ether oxygens (including phenoxy) is 1. The molecule has 2 N–H and O–H groups in total. The molecule has 0 spiro atoms. The molecule has 1 atom stereocenters. The summed E-state index contributed by atoms with van der Waals surface area (Å²) in [5, 5.41) is 8.72. The highest BCUT2D eigenvalue weighted by Gasteiger charge is 2.07. The summed E-state index contributed by atoms with van der Waals surface area (Å²) in [6, 6.07) is 7.36. The first-order valence-corrected chi connectivity index (χ1v) is 4.92. The van der Waals surface area contributed by atoms with Crippen molar-refractivity contribution < 1.29 is 4.74 Å². The van der Waals surface area contributed by atoms with Crippen molar-refractivity contribution in [2.75, 3.05) is 13.7 Å². The maximum atomic E-state index is 8.72. The summed E-state index contributed by atoms with van der Waals surface area (Å²) in [5.41, 5.74) is 7.40. The second-order valence-electron chi connectivity index (χ2n) is 2.91. The Bertz CT molecular complexity index is 360. The van der Waals surface area contributed by atoms with Crippen molar-refractivity contribution in [2.24, 2.45) is 5.73 Å². The summed E-state index contributed by atoms with van der Waals surface area (Å²) < 4.78 is 5.72. The molecule has 1 aromatic carbocycles. The van der Waals surface area contributed by atoms with Gasteiger partial charge in [0.15, 0.2) is 0 Å². The zero-order chi connectivity index (χ0) is 10.6. The van der Waals surface area contributed by atoms with E-state index in [1.54, 1.807) is 13.2 Å². The van der Waals surface area contributed by atoms with Crippen LogP contribution in [0.5, 0.6) is 0 Å². The summed E-state index contributed by atoms with van der Waals surface area (Å²) >= 11 is 3.31. The minimum atomic E-state index is -0.149. The van der Waals surface area contributed by atoms with Gasteiger partial charge >= 0.3 is 0 Å². The Morgan fingerprint density at radius 3 is 2.86 bits per heavy atom. The van der Waals surface area contributed by atoms with E-state index in [1.807, 2.05) is 12.1 Å². The lowest BCUT2D eigenvalue weighted by molar-refractivity contribution is 0.181. The van der Waals surface area contributed by atoms with E-state index in [0.29, 0.717) is 12.2 Å². The minimum Gasteiger partial charge on any atom is -0.383 e. The van der Waals surface area contributed by atoms with Gasteiger partial charge in [-0.1, -0.05) is 6.07 Å². The molecule has 0 unspecified atom stereocenters. The van der Waals surface area contributed by atoms with Crippen LogP contribution in [-0.4, -0.2) is 13.7 Å². The quantitative estimate of drug-likeness (QED) is 0.898. The van der Waals surface area contributed by atoms with E-state index < -0.39 is 0 Å². The van der Waals surface area contributed by atoms with Crippen molar-refractivity contribution in [1.29, 1.82) is 5.26 Å². The SMILES string of the molecule is COC[C@H](N)c1ccc(C#N)c(Br)c1. The van der Waals surface area contributed by atoms with Crippen LogP contribution in [-0.2, 0) is 4.74 Å². The average Bonchev–Trinajstić information content (AvgIpc) is 2.18. The largest absolute Gasteiger partial charge is 0.383 e. The summed E-state index contributed by atoms with van der Waals surface area (Å²) in [5.74, 6) is 0. The Labute approximate surface area is 91.6 Å². The number of benzene rings is 1. The lowest BCUT2D eigenvalue weighted by atomic mass is 10.1. The topological polar surface area (TPSA) is 59.0 Å². The van der Waals surface area contributed by atoms with Crippen LogP contribution in [0.4, 0.5) is 0 Å². The van der Waals surface area contributed by atoms with Crippen molar-refractivity contribution in [1.82, 2.24) is 0 Å². The number of rotatable bonds is 3. The number of hydrogen-bond donors (Lipinski definition) is 1. The molecule has 0 saturated heterocycles. The summed E-state index contributed by atoms with van der Waals surface area (Å²) in [4.78, 5) is 0. The fourth-order valence-electron chi connectivity index (χ4n) is 1.13. The predicted molar refractivity (Wildman–Crippen MR) is 57.7 cm³/mol. The van der Waals surface area contributed by atoms with E-state index in [9.17, 15) is 0 Å². The van der Waals surface area contributed by atoms with Crippen LogP contribution in [0.25, 0.3) is 0 Å². The number of nitrogens with two attached hydrogens (primary N) is 1. The highest BCUT2D eigenvalue weighted by Crippen LogP contribution is 2.20. The zero-order valence-corrected chi connectivity index (χ0v) is 9.41. The van der Waals surface area contributed by atoms with Gasteiger partial charge in [0.1, 0.15) is 6.07 Å². The molecule has 4 heteroatoms. The van der Waals surface area contributed by atoms with E-state index in [0.717, 1.165) is 10.0 Å². The lowest BCUT2D eigenvalue weighted by Gasteiger charge is -2.11. The van der Waals surface area contributed by atoms with Gasteiger partial charge in [-0.2, -0.15) is 5.26 Å². The lowest BCUT2D eigenvalue weighted by Crippen LogP contribution is -2.16. The molecule has 14 heavy (non-hydrogen) atoms. The van der Waals surface area contributed by atoms with Gasteiger partial charge in [0.05, 0.1) is 18.2 Å². The molecule has 0 bridgehead atoms. The van der Waals surface area contributed by atoms with Gasteiger partial charge in [-0.3, -0.25) is 0 Å². The maximum Gasteiger partial charge on any atom is 0.100 e. The number of nitrogens with zero attached hydrogens (tertiary/aromatic N) is 1. The number of halogens is 1. The maximum absolute atomic E-state index is 8.72. The van der Waals surface area contributed by atoms with Crippen LogP contribution < -0.4 is 5.73 Å². The third-order valence-corrected chi connectivity index (χ3v) is 2.54. The second-order valence-corrected chi connectivity index (χ2v) is 3.77. The Hall–Kier alpha value is -0.890. The van der Waals surface area contributed by atoms with E-state index >= 15 is 0 Å². The third kappa shape index (κ3) is 2.55. The molecule has 0 fully saturated rings. The molecule has 0 radical (unpaired) electrons. The first-order valence-electron chi connectivity index (χ1n) is 4.13. The van der Waals surface area contributed by atoms with Crippen molar-refractivity contribution in [3.05, 3.63) is 33.8 Å². The van der Waals surface area contributed by atoms with E-state index in [-0.39, 0.29) is 6.04 Å². The van der Waals surface area contributed by atoms with Gasteiger partial charge in [0.25, 0.3) is 0 Å². The number of nitriles is 1. The summed E-state index contributed by atoms with van der Waals surface area (Å²) in [7, 11) is 1.61. The molecule has 0 aliphatic heterocycles. The van der Waals surface area contributed by atoms with Gasteiger partial charge in [-0.25, -0.2) is 0 Å². The molecule has 0 aliphatic carbocycles. The Morgan fingerprint density at radius 2 is 2.36 bits per heavy atom. The average molecular weight is 255 g/mol. The molecule has 0 amide bonds. The zero-order valence-electron chi connectivity index (χ0n) is 7.83. The van der Waals surface area contributed by atoms with Gasteiger partial charge in [0, 0.05) is 11.6 Å². The fourth-order valence-corrected chi connectivity index (χ4v) is 1.61. The van der Waals surface area contributed by atoms with Gasteiger partial charge in [-0.15, -0.1) is 0 Å². The van der Waals surface area contributed by atoms with Crippen LogP contribution in [0.1, 0.15) is 17.2 Å². The van der Waals surface area contributed by atoms with Crippen molar-refractivity contribution in [3.8, 4) is 6.07 Å². The normalized spacial score (nSPS) is 12.1. The smallest absolute Gasteiger partial charge is 0.100 e. The molecule has 1 rings (SSSR count). The molecule has 0 heterocycles. The van der Waals surface area contributed by atoms with Crippen molar-refractivity contribution in [2.45, 2.75) is 6.04 Å². The Balaban J connectivity index is 2.92. The van der Waals surface area contributed by atoms with Crippen LogP contribution in [0, 0.1) is 11.3 Å². The highest BCUT2D eigenvalue weighted by atomic mass is 79.9. The van der Waals surface area contributed by atoms with Crippen molar-refractivity contribution >= 4 is 15.9 Å². The predicted octanol–water partition coefficient (Wildman–Crippen LogP) is 1.97. The van der Waals surface area contributed by atoms with Crippen molar-refractivity contribution in [3.63, 3.8) is 0 Å². The molecule has 3 nitrogen and oxygen atoms in total. The molecular formula is C10H11BrN2O. The Morgan fingerprint density at radius 1 is 1.64 bits per heavy atom. The first-order chi connectivity index (χ1) is 6.69. The molecule has 0 saturated carbocycles. The minimum absolute atomic E-state index is 0.149. The van der Waals surface area contributed by atoms with Crippen LogP contribution >= 0.6 is 15.9 Å². The monoisotopic (exact) mass is 254 g/mol. The van der Waals surface area contributed by atoms with E-state index in [1.165, 1.54) is 0 Å². The van der Waals surface area contributed by atoms with Gasteiger partial charge < -0.3 is 10.5 Å². The fraction of sp³-hybridized carbons (Fsp3) is 0.300. The standard InChI is InChI=1S/C10H11BrN2O/c1-14-6-10(13)7-2-3-8(5-12)9(11)4-7/h2-4,10H,6,13H2,1H3/t10-/m0/s1. The number of hydrogen-bond acceptors (Lipinski definition) is 3. The van der Waals surface area contributed by atoms with Crippen LogP contribution in [0.3, 0.4) is 0 Å². The first kappa shape index (κ1) is 11.2. The molecule has 0 aliphatic rings. The molecule has 0 aromatic heterocycles. The second kappa shape index (κ2) is 5.11. The third-order valence-electron chi connectivity index (χ3n) is 1.89. The summed E-state index contributed by atoms with van der Waals surface area (Å²) in [6.07, 6.45) is 0. The van der Waals surface area contributed by atoms with Crippen LogP contribution in [0.2, 0.25) is 0 Å². The Kier molecular flexibility index (Phi) is 4.08.